The molecule has 0 amide bonds. The minimum absolute atomic E-state index is 0.0412. The van der Waals surface area contributed by atoms with E-state index in [0.717, 1.165) is 5.56 Å². The van der Waals surface area contributed by atoms with Gasteiger partial charge in [-0.1, -0.05) is 38.1 Å². The van der Waals surface area contributed by atoms with Crippen molar-refractivity contribution in [3.63, 3.8) is 0 Å². The second-order valence-corrected chi connectivity index (χ2v) is 8.78. The van der Waals surface area contributed by atoms with E-state index in [4.69, 9.17) is 9.47 Å². The third-order valence-electron chi connectivity index (χ3n) is 4.14. The minimum Gasteiger partial charge on any atom is -0.482 e. The maximum absolute atomic E-state index is 12.1. The molecule has 6 heteroatoms. The van der Waals surface area contributed by atoms with E-state index < -0.39 is 15.8 Å². The Labute approximate surface area is 161 Å². The molecule has 0 atom stereocenters. The molecule has 0 aliphatic rings. The van der Waals surface area contributed by atoms with Crippen LogP contribution in [-0.2, 0) is 19.4 Å². The van der Waals surface area contributed by atoms with Crippen LogP contribution < -0.4 is 4.74 Å². The molecule has 2 aromatic rings. The van der Waals surface area contributed by atoms with Gasteiger partial charge in [-0.3, -0.25) is 0 Å². The van der Waals surface area contributed by atoms with E-state index >= 15 is 0 Å². The molecule has 0 radical (unpaired) electrons. The molecule has 5 nitrogen and oxygen atoms in total. The van der Waals surface area contributed by atoms with Crippen molar-refractivity contribution in [3.8, 4) is 5.75 Å². The summed E-state index contributed by atoms with van der Waals surface area (Å²) >= 11 is 0. The number of rotatable bonds is 9. The number of esters is 1. The van der Waals surface area contributed by atoms with Gasteiger partial charge >= 0.3 is 5.97 Å². The highest BCUT2D eigenvalue weighted by Gasteiger charge is 2.14. The number of hydrogen-bond donors (Lipinski definition) is 0. The SMILES string of the molecule is Cc1cc(OCC(=O)OCCCS(=O)(=O)c2ccccc2)ccc1C(C)C. The average Bonchev–Trinajstić information content (AvgIpc) is 2.64. The smallest absolute Gasteiger partial charge is 0.344 e. The van der Waals surface area contributed by atoms with E-state index in [1.165, 1.54) is 5.56 Å². The highest BCUT2D eigenvalue weighted by Crippen LogP contribution is 2.23. The van der Waals surface area contributed by atoms with E-state index in [1.807, 2.05) is 25.1 Å². The molecule has 2 aromatic carbocycles. The Kier molecular flexibility index (Phi) is 7.42. The number of sulfone groups is 1. The van der Waals surface area contributed by atoms with Crippen LogP contribution in [0.3, 0.4) is 0 Å². The lowest BCUT2D eigenvalue weighted by Crippen LogP contribution is -2.17. The Balaban J connectivity index is 1.73. The first-order valence-corrected chi connectivity index (χ1v) is 10.6. The van der Waals surface area contributed by atoms with Crippen LogP contribution in [-0.4, -0.2) is 33.4 Å². The van der Waals surface area contributed by atoms with Crippen LogP contribution >= 0.6 is 0 Å². The summed E-state index contributed by atoms with van der Waals surface area (Å²) in [5.74, 6) is 0.454. The first-order chi connectivity index (χ1) is 12.8. The fraction of sp³-hybridized carbons (Fsp3) is 0.381. The van der Waals surface area contributed by atoms with Gasteiger partial charge in [0.15, 0.2) is 16.4 Å². The third kappa shape index (κ3) is 6.40. The van der Waals surface area contributed by atoms with Crippen LogP contribution in [0.2, 0.25) is 0 Å². The third-order valence-corrected chi connectivity index (χ3v) is 5.96. The van der Waals surface area contributed by atoms with Crippen molar-refractivity contribution in [3.05, 3.63) is 59.7 Å². The highest BCUT2D eigenvalue weighted by molar-refractivity contribution is 7.91. The fourth-order valence-corrected chi connectivity index (χ4v) is 4.06. The van der Waals surface area contributed by atoms with Crippen molar-refractivity contribution in [2.75, 3.05) is 19.0 Å². The minimum atomic E-state index is -3.35. The second-order valence-electron chi connectivity index (χ2n) is 6.67. The number of carbonyl (C=O) groups is 1. The molecule has 27 heavy (non-hydrogen) atoms. The standard InChI is InChI=1S/C21H26O5S/c1-16(2)20-11-10-18(14-17(20)3)26-15-21(22)25-12-7-13-27(23,24)19-8-5-4-6-9-19/h4-6,8-11,14,16H,7,12-13,15H2,1-3H3. The second kappa shape index (κ2) is 9.55. The molecule has 0 bridgehead atoms. The zero-order valence-electron chi connectivity index (χ0n) is 16.0. The summed E-state index contributed by atoms with van der Waals surface area (Å²) in [7, 11) is -3.35. The van der Waals surface area contributed by atoms with Gasteiger partial charge in [-0.2, -0.15) is 0 Å². The molecule has 2 rings (SSSR count). The van der Waals surface area contributed by atoms with Gasteiger partial charge in [-0.15, -0.1) is 0 Å². The lowest BCUT2D eigenvalue weighted by molar-refractivity contribution is -0.146. The van der Waals surface area contributed by atoms with Gasteiger partial charge in [0.1, 0.15) is 5.75 Å². The molecule has 0 heterocycles. The van der Waals surface area contributed by atoms with Crippen LogP contribution in [0.5, 0.6) is 5.75 Å². The summed E-state index contributed by atoms with van der Waals surface area (Å²) in [6, 6.07) is 14.0. The van der Waals surface area contributed by atoms with Crippen LogP contribution in [0, 0.1) is 6.92 Å². The molecule has 0 aliphatic carbocycles. The maximum Gasteiger partial charge on any atom is 0.344 e. The molecule has 0 unspecified atom stereocenters. The van der Waals surface area contributed by atoms with Crippen LogP contribution in [0.15, 0.2) is 53.4 Å². The summed E-state index contributed by atoms with van der Waals surface area (Å²) in [6.07, 6.45) is 0.241. The lowest BCUT2D eigenvalue weighted by atomic mass is 9.98. The van der Waals surface area contributed by atoms with Gasteiger partial charge in [0.05, 0.1) is 17.3 Å². The molecule has 0 aromatic heterocycles. The molecule has 0 N–H and O–H groups in total. The van der Waals surface area contributed by atoms with Crippen molar-refractivity contribution in [2.45, 2.75) is 38.0 Å². The summed E-state index contributed by atoms with van der Waals surface area (Å²) in [5.41, 5.74) is 2.35. The Morgan fingerprint density at radius 2 is 1.78 bits per heavy atom. The molecular weight excluding hydrogens is 364 g/mol. The molecule has 0 saturated carbocycles. The van der Waals surface area contributed by atoms with E-state index in [-0.39, 0.29) is 30.3 Å². The summed E-state index contributed by atoms with van der Waals surface area (Å²) in [5, 5.41) is 0. The Hall–Kier alpha value is -2.34. The number of ether oxygens (including phenoxy) is 2. The summed E-state index contributed by atoms with van der Waals surface area (Å²) < 4.78 is 34.8. The highest BCUT2D eigenvalue weighted by atomic mass is 32.2. The van der Waals surface area contributed by atoms with E-state index in [0.29, 0.717) is 11.7 Å². The van der Waals surface area contributed by atoms with Crippen LogP contribution in [0.25, 0.3) is 0 Å². The van der Waals surface area contributed by atoms with E-state index in [1.54, 1.807) is 30.3 Å². The van der Waals surface area contributed by atoms with Gasteiger partial charge in [-0.25, -0.2) is 13.2 Å². The lowest BCUT2D eigenvalue weighted by Gasteiger charge is -2.12. The quantitative estimate of drug-likeness (QED) is 0.480. The number of aryl methyl sites for hydroxylation is 1. The number of hydrogen-bond acceptors (Lipinski definition) is 5. The van der Waals surface area contributed by atoms with Crippen LogP contribution in [0.4, 0.5) is 0 Å². The molecule has 0 aliphatic heterocycles. The fourth-order valence-electron chi connectivity index (χ4n) is 2.75. The zero-order chi connectivity index (χ0) is 19.9. The number of benzene rings is 2. The maximum atomic E-state index is 12.1. The molecule has 0 fully saturated rings. The van der Waals surface area contributed by atoms with Crippen molar-refractivity contribution in [2.24, 2.45) is 0 Å². The summed E-state index contributed by atoms with van der Waals surface area (Å²) in [6.45, 7) is 6.09. The van der Waals surface area contributed by atoms with Crippen molar-refractivity contribution < 1.29 is 22.7 Å². The molecular formula is C21H26O5S. The van der Waals surface area contributed by atoms with E-state index in [9.17, 15) is 13.2 Å². The van der Waals surface area contributed by atoms with Gasteiger partial charge < -0.3 is 9.47 Å². The van der Waals surface area contributed by atoms with Gasteiger partial charge in [0, 0.05) is 0 Å². The normalized spacial score (nSPS) is 11.4. The zero-order valence-corrected chi connectivity index (χ0v) is 16.8. The molecule has 0 spiro atoms. The predicted molar refractivity (Wildman–Crippen MR) is 105 cm³/mol. The predicted octanol–water partition coefficient (Wildman–Crippen LogP) is 3.90. The Morgan fingerprint density at radius 1 is 1.07 bits per heavy atom. The topological polar surface area (TPSA) is 69.7 Å². The van der Waals surface area contributed by atoms with Gasteiger partial charge in [-0.05, 0) is 54.7 Å². The van der Waals surface area contributed by atoms with Crippen LogP contribution in [0.1, 0.15) is 37.3 Å². The largest absolute Gasteiger partial charge is 0.482 e. The van der Waals surface area contributed by atoms with Gasteiger partial charge in [0.25, 0.3) is 0 Å². The molecule has 0 saturated heterocycles. The van der Waals surface area contributed by atoms with Gasteiger partial charge in [0.2, 0.25) is 0 Å². The van der Waals surface area contributed by atoms with E-state index in [2.05, 4.69) is 13.8 Å². The average molecular weight is 391 g/mol. The summed E-state index contributed by atoms with van der Waals surface area (Å²) in [4.78, 5) is 12.1. The first-order valence-electron chi connectivity index (χ1n) is 8.96. The Bertz CT molecular complexity index is 857. The van der Waals surface area contributed by atoms with Crippen molar-refractivity contribution in [1.29, 1.82) is 0 Å². The van der Waals surface area contributed by atoms with Crippen molar-refractivity contribution in [1.82, 2.24) is 0 Å². The monoisotopic (exact) mass is 390 g/mol. The first kappa shape index (κ1) is 21.0. The number of carbonyl (C=O) groups excluding carboxylic acids is 1. The Morgan fingerprint density at radius 3 is 2.41 bits per heavy atom. The molecule has 146 valence electrons. The van der Waals surface area contributed by atoms with Crippen molar-refractivity contribution >= 4 is 15.8 Å².